The Bertz CT molecular complexity index is 603. The second-order valence-electron chi connectivity index (χ2n) is 6.02. The van der Waals surface area contributed by atoms with Gasteiger partial charge >= 0.3 is 6.03 Å². The first-order chi connectivity index (χ1) is 11.4. The minimum absolute atomic E-state index is 0.101. The Hall–Kier alpha value is -1.46. The van der Waals surface area contributed by atoms with Crippen molar-refractivity contribution in [1.29, 1.82) is 0 Å². The fourth-order valence-corrected chi connectivity index (χ4v) is 3.32. The average Bonchev–Trinajstić information content (AvgIpc) is 3.08. The van der Waals surface area contributed by atoms with Gasteiger partial charge < -0.3 is 15.1 Å². The van der Waals surface area contributed by atoms with E-state index in [4.69, 9.17) is 23.2 Å². The Morgan fingerprint density at radius 2 is 1.96 bits per heavy atom. The van der Waals surface area contributed by atoms with Gasteiger partial charge in [-0.25, -0.2) is 4.79 Å². The van der Waals surface area contributed by atoms with Crippen molar-refractivity contribution in [2.24, 2.45) is 0 Å². The van der Waals surface area contributed by atoms with Gasteiger partial charge in [0, 0.05) is 43.1 Å². The van der Waals surface area contributed by atoms with Crippen LogP contribution in [0.25, 0.3) is 0 Å². The molecule has 1 saturated heterocycles. The standard InChI is InChI=1S/C17H23Cl2N3O2/c1-12(14-6-5-13(18)11-15(14)19)21(2)17(24)20-8-7-16(23)22-9-3-4-10-22/h5-6,11-12H,3-4,7-10H2,1-2H3,(H,20,24). The van der Waals surface area contributed by atoms with Gasteiger partial charge in [-0.2, -0.15) is 0 Å². The molecule has 132 valence electrons. The molecule has 0 bridgehead atoms. The molecule has 1 unspecified atom stereocenters. The van der Waals surface area contributed by atoms with Gasteiger partial charge in [0.25, 0.3) is 0 Å². The zero-order chi connectivity index (χ0) is 17.7. The molecule has 0 spiro atoms. The molecule has 0 saturated carbocycles. The summed E-state index contributed by atoms with van der Waals surface area (Å²) in [5, 5.41) is 3.87. The van der Waals surface area contributed by atoms with E-state index in [2.05, 4.69) is 5.32 Å². The van der Waals surface area contributed by atoms with Crippen LogP contribution in [0.1, 0.15) is 37.8 Å². The van der Waals surface area contributed by atoms with Crippen molar-refractivity contribution >= 4 is 35.1 Å². The minimum atomic E-state index is -0.234. The van der Waals surface area contributed by atoms with E-state index in [0.29, 0.717) is 23.0 Å². The molecule has 7 heteroatoms. The first-order valence-electron chi connectivity index (χ1n) is 8.13. The van der Waals surface area contributed by atoms with Crippen LogP contribution in [0, 0.1) is 0 Å². The van der Waals surface area contributed by atoms with Gasteiger partial charge in [0.1, 0.15) is 0 Å². The number of amides is 3. The molecular formula is C17H23Cl2N3O2. The molecule has 3 amide bonds. The second kappa shape index (κ2) is 8.58. The maximum atomic E-state index is 12.3. The molecule has 2 rings (SSSR count). The zero-order valence-electron chi connectivity index (χ0n) is 14.0. The van der Waals surface area contributed by atoms with E-state index in [0.717, 1.165) is 31.5 Å². The Kier molecular flexibility index (Phi) is 6.75. The summed E-state index contributed by atoms with van der Waals surface area (Å²) in [7, 11) is 1.70. The van der Waals surface area contributed by atoms with E-state index in [1.165, 1.54) is 0 Å². The summed E-state index contributed by atoms with van der Waals surface area (Å²) in [5.41, 5.74) is 0.826. The van der Waals surface area contributed by atoms with E-state index in [1.54, 1.807) is 24.1 Å². The quantitative estimate of drug-likeness (QED) is 0.857. The van der Waals surface area contributed by atoms with Gasteiger partial charge in [-0.3, -0.25) is 4.79 Å². The van der Waals surface area contributed by atoms with Crippen LogP contribution in [0.2, 0.25) is 10.0 Å². The molecule has 1 aromatic carbocycles. The highest BCUT2D eigenvalue weighted by atomic mass is 35.5. The average molecular weight is 372 g/mol. The third-order valence-electron chi connectivity index (χ3n) is 4.39. The van der Waals surface area contributed by atoms with E-state index >= 15 is 0 Å². The summed E-state index contributed by atoms with van der Waals surface area (Å²) < 4.78 is 0. The Labute approximate surface area is 152 Å². The smallest absolute Gasteiger partial charge is 0.317 e. The number of urea groups is 1. The molecular weight excluding hydrogens is 349 g/mol. The summed E-state index contributed by atoms with van der Waals surface area (Å²) in [6.07, 6.45) is 2.47. The number of likely N-dealkylation sites (tertiary alicyclic amines) is 1. The number of carbonyl (C=O) groups excluding carboxylic acids is 2. The number of hydrogen-bond donors (Lipinski definition) is 1. The molecule has 1 fully saturated rings. The van der Waals surface area contributed by atoms with Crippen LogP contribution in [-0.2, 0) is 4.79 Å². The lowest BCUT2D eigenvalue weighted by atomic mass is 10.1. The van der Waals surface area contributed by atoms with Crippen LogP contribution in [0.4, 0.5) is 4.79 Å². The largest absolute Gasteiger partial charge is 0.343 e. The molecule has 1 heterocycles. The molecule has 24 heavy (non-hydrogen) atoms. The third kappa shape index (κ3) is 4.77. The van der Waals surface area contributed by atoms with E-state index in [9.17, 15) is 9.59 Å². The van der Waals surface area contributed by atoms with Gasteiger partial charge in [0.05, 0.1) is 6.04 Å². The number of benzene rings is 1. The maximum Gasteiger partial charge on any atom is 0.317 e. The molecule has 1 N–H and O–H groups in total. The highest BCUT2D eigenvalue weighted by molar-refractivity contribution is 6.35. The fraction of sp³-hybridized carbons (Fsp3) is 0.529. The van der Waals surface area contributed by atoms with Gasteiger partial charge in [0.15, 0.2) is 0 Å². The molecule has 0 radical (unpaired) electrons. The third-order valence-corrected chi connectivity index (χ3v) is 4.95. The van der Waals surface area contributed by atoms with E-state index < -0.39 is 0 Å². The summed E-state index contributed by atoms with van der Waals surface area (Å²) in [6, 6.07) is 4.79. The molecule has 1 aliphatic rings. The van der Waals surface area contributed by atoms with Crippen molar-refractivity contribution in [2.45, 2.75) is 32.2 Å². The predicted octanol–water partition coefficient (Wildman–Crippen LogP) is 3.71. The number of rotatable bonds is 5. The first-order valence-corrected chi connectivity index (χ1v) is 8.89. The van der Waals surface area contributed by atoms with Crippen molar-refractivity contribution in [3.05, 3.63) is 33.8 Å². The van der Waals surface area contributed by atoms with Gasteiger partial charge in [-0.05, 0) is 37.5 Å². The van der Waals surface area contributed by atoms with E-state index in [1.807, 2.05) is 17.9 Å². The second-order valence-corrected chi connectivity index (χ2v) is 6.87. The van der Waals surface area contributed by atoms with Crippen molar-refractivity contribution in [1.82, 2.24) is 15.1 Å². The highest BCUT2D eigenvalue weighted by Crippen LogP contribution is 2.29. The first kappa shape index (κ1) is 18.9. The van der Waals surface area contributed by atoms with Crippen LogP contribution in [-0.4, -0.2) is 48.4 Å². The van der Waals surface area contributed by atoms with Crippen molar-refractivity contribution in [2.75, 3.05) is 26.7 Å². The number of carbonyl (C=O) groups is 2. The monoisotopic (exact) mass is 371 g/mol. The maximum absolute atomic E-state index is 12.3. The molecule has 1 atom stereocenters. The Balaban J connectivity index is 1.83. The molecule has 1 aliphatic heterocycles. The topological polar surface area (TPSA) is 52.7 Å². The normalized spacial score (nSPS) is 15.2. The number of nitrogens with one attached hydrogen (secondary N) is 1. The van der Waals surface area contributed by atoms with Crippen molar-refractivity contribution in [3.8, 4) is 0 Å². The fourth-order valence-electron chi connectivity index (χ4n) is 2.75. The summed E-state index contributed by atoms with van der Waals surface area (Å²) in [5.74, 6) is 0.101. The molecule has 0 aromatic heterocycles. The minimum Gasteiger partial charge on any atom is -0.343 e. The zero-order valence-corrected chi connectivity index (χ0v) is 15.5. The predicted molar refractivity (Wildman–Crippen MR) is 96.5 cm³/mol. The number of nitrogens with zero attached hydrogens (tertiary/aromatic N) is 2. The van der Waals surface area contributed by atoms with Gasteiger partial charge in [-0.15, -0.1) is 0 Å². The van der Waals surface area contributed by atoms with Crippen molar-refractivity contribution in [3.63, 3.8) is 0 Å². The summed E-state index contributed by atoms with van der Waals surface area (Å²) in [6.45, 7) is 3.89. The molecule has 0 aliphatic carbocycles. The van der Waals surface area contributed by atoms with Crippen LogP contribution in [0.3, 0.4) is 0 Å². The number of hydrogen-bond acceptors (Lipinski definition) is 2. The van der Waals surface area contributed by atoms with E-state index in [-0.39, 0.29) is 18.0 Å². The molecule has 1 aromatic rings. The van der Waals surface area contributed by atoms with Crippen molar-refractivity contribution < 1.29 is 9.59 Å². The van der Waals surface area contributed by atoms with Gasteiger partial charge in [-0.1, -0.05) is 29.3 Å². The lowest BCUT2D eigenvalue weighted by molar-refractivity contribution is -0.129. The van der Waals surface area contributed by atoms with Gasteiger partial charge in [0.2, 0.25) is 5.91 Å². The number of halogens is 2. The van der Waals surface area contributed by atoms with Crippen LogP contribution in [0.15, 0.2) is 18.2 Å². The Morgan fingerprint density at radius 1 is 1.29 bits per heavy atom. The lowest BCUT2D eigenvalue weighted by Gasteiger charge is -2.26. The highest BCUT2D eigenvalue weighted by Gasteiger charge is 2.21. The summed E-state index contributed by atoms with van der Waals surface area (Å²) in [4.78, 5) is 27.6. The van der Waals surface area contributed by atoms with Crippen LogP contribution in [0.5, 0.6) is 0 Å². The Morgan fingerprint density at radius 3 is 2.58 bits per heavy atom. The SMILES string of the molecule is CC(c1ccc(Cl)cc1Cl)N(C)C(=O)NCCC(=O)N1CCCC1. The summed E-state index contributed by atoms with van der Waals surface area (Å²) >= 11 is 12.1. The van der Waals surface area contributed by atoms with Crippen LogP contribution < -0.4 is 5.32 Å². The van der Waals surface area contributed by atoms with Crippen LogP contribution >= 0.6 is 23.2 Å². The lowest BCUT2D eigenvalue weighted by Crippen LogP contribution is -2.40. The molecule has 5 nitrogen and oxygen atoms in total.